The summed E-state index contributed by atoms with van der Waals surface area (Å²) in [4.78, 5) is 2.04. The maximum Gasteiger partial charge on any atom is 0.218 e. The van der Waals surface area contributed by atoms with Gasteiger partial charge in [0.05, 0.1) is 32.8 Å². The molecule has 1 aliphatic heterocycles. The molecule has 0 unspecified atom stereocenters. The lowest BCUT2D eigenvalue weighted by Crippen LogP contribution is -2.41. The van der Waals surface area contributed by atoms with Crippen LogP contribution in [0.3, 0.4) is 0 Å². The summed E-state index contributed by atoms with van der Waals surface area (Å²) >= 11 is 0. The highest BCUT2D eigenvalue weighted by Crippen LogP contribution is 2.25. The van der Waals surface area contributed by atoms with Gasteiger partial charge in [0.25, 0.3) is 0 Å². The number of anilines is 1. The Hall–Kier alpha value is -3.22. The van der Waals surface area contributed by atoms with E-state index in [0.717, 1.165) is 30.1 Å². The Bertz CT molecular complexity index is 1090. The predicted molar refractivity (Wildman–Crippen MR) is 150 cm³/mol. The van der Waals surface area contributed by atoms with Gasteiger partial charge in [-0.15, -0.1) is 17.5 Å². The molecule has 0 amide bonds. The van der Waals surface area contributed by atoms with Gasteiger partial charge in [0, 0.05) is 5.69 Å². The Morgan fingerprint density at radius 2 is 1.56 bits per heavy atom. The topological polar surface area (TPSA) is 63.3 Å². The van der Waals surface area contributed by atoms with Crippen molar-refractivity contribution < 1.29 is 9.47 Å². The first-order chi connectivity index (χ1) is 16.9. The van der Waals surface area contributed by atoms with Crippen LogP contribution in [0.15, 0.2) is 84.0 Å². The third-order valence-corrected chi connectivity index (χ3v) is 6.07. The fraction of sp³-hybridized carbons (Fsp3) is 0.345. The molecule has 3 aromatic rings. The van der Waals surface area contributed by atoms with Gasteiger partial charge in [0.2, 0.25) is 5.96 Å². The number of morpholine rings is 1. The van der Waals surface area contributed by atoms with Gasteiger partial charge in [-0.1, -0.05) is 75.4 Å². The lowest BCUT2D eigenvalue weighted by Gasteiger charge is -2.29. The first-order valence-corrected chi connectivity index (χ1v) is 12.2. The van der Waals surface area contributed by atoms with Gasteiger partial charge in [0.15, 0.2) is 0 Å². The zero-order valence-electron chi connectivity index (χ0n) is 21.4. The van der Waals surface area contributed by atoms with Crippen molar-refractivity contribution in [2.24, 2.45) is 10.8 Å². The molecule has 0 aliphatic carbocycles. The largest absolute Gasteiger partial charge is 0.489 e. The van der Waals surface area contributed by atoms with E-state index in [1.807, 2.05) is 52.4 Å². The van der Waals surface area contributed by atoms with Gasteiger partial charge in [-0.25, -0.2) is 0 Å². The number of nitrogens with two attached hydrogens (primary N) is 1. The van der Waals surface area contributed by atoms with E-state index < -0.39 is 0 Å². The number of guanidine groups is 1. The van der Waals surface area contributed by atoms with E-state index in [2.05, 4.69) is 57.2 Å². The van der Waals surface area contributed by atoms with Crippen molar-refractivity contribution in [1.29, 1.82) is 0 Å². The van der Waals surface area contributed by atoms with Gasteiger partial charge in [0.1, 0.15) is 12.4 Å². The van der Waals surface area contributed by atoms with E-state index in [4.69, 9.17) is 20.3 Å². The number of hydrogen-bond donors (Lipinski definition) is 1. The second kappa shape index (κ2) is 12.7. The smallest absolute Gasteiger partial charge is 0.218 e. The molecule has 2 N–H and O–H groups in total. The minimum Gasteiger partial charge on any atom is -0.489 e. The number of hydrogen-bond acceptors (Lipinski definition) is 4. The molecule has 0 saturated carbocycles. The standard InChI is InChI=1S/C29H36N4O2.ClH/c1-29(2,3)25-11-9-23(10-12-25)21-33(28(30)31-32-17-19-34-20-18-32)26-13-15-27(16-14-26)35-22-24-7-5-4-6-8-24;/h4-16H,17-22H2,1-3H3,(H2,30,31);1H. The van der Waals surface area contributed by atoms with E-state index in [0.29, 0.717) is 32.3 Å². The van der Waals surface area contributed by atoms with Crippen LogP contribution in [0.25, 0.3) is 0 Å². The minimum absolute atomic E-state index is 0. The Morgan fingerprint density at radius 3 is 2.17 bits per heavy atom. The van der Waals surface area contributed by atoms with Crippen molar-refractivity contribution >= 4 is 24.1 Å². The van der Waals surface area contributed by atoms with Crippen LogP contribution in [0.4, 0.5) is 5.69 Å². The molecule has 3 aromatic carbocycles. The molecular formula is C29H37ClN4O2. The summed E-state index contributed by atoms with van der Waals surface area (Å²) in [7, 11) is 0. The SMILES string of the molecule is CC(C)(C)c1ccc(CN(C(N)=NN2CCOCC2)c2ccc(OCc3ccccc3)cc2)cc1.Cl. The minimum atomic E-state index is 0. The predicted octanol–water partition coefficient (Wildman–Crippen LogP) is 5.55. The summed E-state index contributed by atoms with van der Waals surface area (Å²) in [6.45, 7) is 10.6. The summed E-state index contributed by atoms with van der Waals surface area (Å²) in [5.41, 5.74) is 11.3. The quantitative estimate of drug-likeness (QED) is 0.334. The maximum absolute atomic E-state index is 6.56. The van der Waals surface area contributed by atoms with Gasteiger partial charge >= 0.3 is 0 Å². The molecule has 0 bridgehead atoms. The van der Waals surface area contributed by atoms with Crippen molar-refractivity contribution in [2.75, 3.05) is 31.2 Å². The van der Waals surface area contributed by atoms with E-state index in [1.165, 1.54) is 11.1 Å². The zero-order valence-corrected chi connectivity index (χ0v) is 22.2. The Kier molecular flexibility index (Phi) is 9.62. The molecule has 0 aromatic heterocycles. The number of hydrazone groups is 1. The summed E-state index contributed by atoms with van der Waals surface area (Å²) in [6, 6.07) is 26.9. The van der Waals surface area contributed by atoms with Gasteiger partial charge in [-0.2, -0.15) is 0 Å². The molecule has 0 radical (unpaired) electrons. The van der Waals surface area contributed by atoms with E-state index in [9.17, 15) is 0 Å². The van der Waals surface area contributed by atoms with Crippen molar-refractivity contribution in [3.63, 3.8) is 0 Å². The number of nitrogens with zero attached hydrogens (tertiary/aromatic N) is 3. The summed E-state index contributed by atoms with van der Waals surface area (Å²) in [5.74, 6) is 1.28. The Labute approximate surface area is 221 Å². The third-order valence-electron chi connectivity index (χ3n) is 6.07. The highest BCUT2D eigenvalue weighted by atomic mass is 35.5. The number of ether oxygens (including phenoxy) is 2. The van der Waals surface area contributed by atoms with Gasteiger partial charge in [-0.3, -0.25) is 5.01 Å². The highest BCUT2D eigenvalue weighted by molar-refractivity contribution is 5.94. The Morgan fingerprint density at radius 1 is 0.917 bits per heavy atom. The molecule has 1 heterocycles. The fourth-order valence-electron chi connectivity index (χ4n) is 3.91. The molecule has 192 valence electrons. The number of benzene rings is 3. The molecular weight excluding hydrogens is 472 g/mol. The van der Waals surface area contributed by atoms with Crippen LogP contribution >= 0.6 is 12.4 Å². The van der Waals surface area contributed by atoms with E-state index >= 15 is 0 Å². The third kappa shape index (κ3) is 7.64. The van der Waals surface area contributed by atoms with E-state index in [-0.39, 0.29) is 17.8 Å². The fourth-order valence-corrected chi connectivity index (χ4v) is 3.91. The zero-order chi connectivity index (χ0) is 24.7. The molecule has 36 heavy (non-hydrogen) atoms. The first-order valence-electron chi connectivity index (χ1n) is 12.2. The van der Waals surface area contributed by atoms with Crippen LogP contribution in [-0.2, 0) is 23.3 Å². The first kappa shape index (κ1) is 27.4. The lowest BCUT2D eigenvalue weighted by molar-refractivity contribution is 0.0392. The molecule has 1 saturated heterocycles. The number of rotatable bonds is 7. The maximum atomic E-state index is 6.56. The normalized spacial score (nSPS) is 14.2. The second-order valence-electron chi connectivity index (χ2n) is 9.83. The second-order valence-corrected chi connectivity index (χ2v) is 9.83. The summed E-state index contributed by atoms with van der Waals surface area (Å²) in [6.07, 6.45) is 0. The Balaban J connectivity index is 0.00000361. The average molecular weight is 509 g/mol. The van der Waals surface area contributed by atoms with Gasteiger partial charge in [-0.05, 0) is 46.4 Å². The van der Waals surface area contributed by atoms with Crippen molar-refractivity contribution in [1.82, 2.24) is 5.01 Å². The molecule has 0 spiro atoms. The van der Waals surface area contributed by atoms with Crippen molar-refractivity contribution in [3.8, 4) is 5.75 Å². The molecule has 6 nitrogen and oxygen atoms in total. The van der Waals surface area contributed by atoms with Crippen LogP contribution in [0.1, 0.15) is 37.5 Å². The van der Waals surface area contributed by atoms with Crippen molar-refractivity contribution in [3.05, 3.63) is 95.6 Å². The summed E-state index contributed by atoms with van der Waals surface area (Å²) in [5, 5.41) is 6.68. The summed E-state index contributed by atoms with van der Waals surface area (Å²) < 4.78 is 11.4. The monoisotopic (exact) mass is 508 g/mol. The molecule has 1 fully saturated rings. The molecule has 1 aliphatic rings. The van der Waals surface area contributed by atoms with Crippen LogP contribution in [0, 0.1) is 0 Å². The highest BCUT2D eigenvalue weighted by Gasteiger charge is 2.17. The number of halogens is 1. The van der Waals surface area contributed by atoms with Crippen LogP contribution < -0.4 is 15.4 Å². The molecule has 4 rings (SSSR count). The average Bonchev–Trinajstić information content (AvgIpc) is 2.87. The van der Waals surface area contributed by atoms with Crippen LogP contribution in [-0.4, -0.2) is 37.3 Å². The molecule has 7 heteroatoms. The van der Waals surface area contributed by atoms with Crippen molar-refractivity contribution in [2.45, 2.75) is 39.3 Å². The van der Waals surface area contributed by atoms with E-state index in [1.54, 1.807) is 0 Å². The van der Waals surface area contributed by atoms with Crippen LogP contribution in [0.2, 0.25) is 0 Å². The molecule has 0 atom stereocenters. The van der Waals surface area contributed by atoms with Crippen LogP contribution in [0.5, 0.6) is 5.75 Å². The van der Waals surface area contributed by atoms with Gasteiger partial charge < -0.3 is 20.1 Å². The lowest BCUT2D eigenvalue weighted by atomic mass is 9.87.